The van der Waals surface area contributed by atoms with E-state index in [2.05, 4.69) is 30.6 Å². The van der Waals surface area contributed by atoms with Crippen molar-refractivity contribution in [1.82, 2.24) is 24.5 Å². The van der Waals surface area contributed by atoms with Crippen molar-refractivity contribution < 1.29 is 9.59 Å². The van der Waals surface area contributed by atoms with Crippen LogP contribution in [0, 0.1) is 0 Å². The molecule has 220 valence electrons. The molecule has 2 aromatic carbocycles. The zero-order valence-electron chi connectivity index (χ0n) is 24.2. The number of fused-ring (bicyclic) bond motifs is 1. The Hall–Kier alpha value is -6.29. The molecule has 6 rings (SSSR count). The van der Waals surface area contributed by atoms with Crippen molar-refractivity contribution in [1.29, 1.82) is 0 Å². The van der Waals surface area contributed by atoms with Crippen LogP contribution < -0.4 is 16.2 Å². The van der Waals surface area contributed by atoms with Crippen molar-refractivity contribution in [2.75, 3.05) is 10.6 Å². The maximum atomic E-state index is 13.8. The van der Waals surface area contributed by atoms with Crippen LogP contribution in [0.5, 0.6) is 0 Å². The number of carbonyl (C=O) groups is 2. The Morgan fingerprint density at radius 3 is 2.44 bits per heavy atom. The van der Waals surface area contributed by atoms with Gasteiger partial charge in [0.25, 0.3) is 5.56 Å². The zero-order chi connectivity index (χ0) is 31.2. The third-order valence-corrected chi connectivity index (χ3v) is 6.86. The molecule has 45 heavy (non-hydrogen) atoms. The highest BCUT2D eigenvalue weighted by Crippen LogP contribution is 2.26. The van der Waals surface area contributed by atoms with Gasteiger partial charge in [0.15, 0.2) is 5.65 Å². The molecule has 10 nitrogen and oxygen atoms in total. The van der Waals surface area contributed by atoms with Crippen molar-refractivity contribution in [3.8, 4) is 16.8 Å². The van der Waals surface area contributed by atoms with Crippen molar-refractivity contribution in [2.24, 2.45) is 0 Å². The molecule has 0 spiro atoms. The summed E-state index contributed by atoms with van der Waals surface area (Å²) in [6, 6.07) is 25.9. The van der Waals surface area contributed by atoms with Gasteiger partial charge in [0.2, 0.25) is 11.8 Å². The molecule has 0 radical (unpaired) electrons. The van der Waals surface area contributed by atoms with Gasteiger partial charge in [-0.25, -0.2) is 15.0 Å². The number of nitrogens with one attached hydrogen (secondary N) is 2. The van der Waals surface area contributed by atoms with E-state index in [0.717, 1.165) is 16.7 Å². The van der Waals surface area contributed by atoms with Gasteiger partial charge in [0, 0.05) is 49.9 Å². The Kier molecular flexibility index (Phi) is 8.27. The number of nitrogens with zero attached hydrogens (tertiary/aromatic N) is 5. The van der Waals surface area contributed by atoms with E-state index in [1.54, 1.807) is 59.7 Å². The van der Waals surface area contributed by atoms with Crippen LogP contribution in [0.3, 0.4) is 0 Å². The van der Waals surface area contributed by atoms with E-state index >= 15 is 0 Å². The fraction of sp³-hybridized carbons (Fsp3) is 0.0571. The highest BCUT2D eigenvalue weighted by Gasteiger charge is 2.15. The van der Waals surface area contributed by atoms with E-state index < -0.39 is 0 Å². The lowest BCUT2D eigenvalue weighted by molar-refractivity contribution is -0.114. The van der Waals surface area contributed by atoms with Crippen molar-refractivity contribution >= 4 is 40.6 Å². The van der Waals surface area contributed by atoms with E-state index in [-0.39, 0.29) is 17.4 Å². The summed E-state index contributed by atoms with van der Waals surface area (Å²) in [5, 5.41) is 5.49. The van der Waals surface area contributed by atoms with Crippen molar-refractivity contribution in [3.63, 3.8) is 0 Å². The van der Waals surface area contributed by atoms with Crippen LogP contribution in [0.1, 0.15) is 23.7 Å². The first kappa shape index (κ1) is 28.8. The van der Waals surface area contributed by atoms with Gasteiger partial charge >= 0.3 is 0 Å². The molecule has 0 saturated heterocycles. The number of pyridine rings is 3. The largest absolute Gasteiger partial charge is 0.322 e. The van der Waals surface area contributed by atoms with Crippen LogP contribution in [-0.4, -0.2) is 36.3 Å². The van der Waals surface area contributed by atoms with Gasteiger partial charge < -0.3 is 10.6 Å². The standard InChI is InChI=1S/C35H27N7O3/c1-23(43)39-32-14-12-24(22-38-32)13-15-33(44)40-28-9-2-7-26(19-28)27-8-3-10-29(20-27)42-34-30(11-5-17-37-34)41-31(35(42)45)18-25-6-4-16-36-21-25/h2-17,19-22H,18H2,1H3,(H,40,44)(H,38,39,43). The molecule has 0 unspecified atom stereocenters. The van der Waals surface area contributed by atoms with Gasteiger partial charge in [-0.15, -0.1) is 0 Å². The number of hydrogen-bond acceptors (Lipinski definition) is 7. The lowest BCUT2D eigenvalue weighted by atomic mass is 10.0. The topological polar surface area (TPSA) is 132 Å². The van der Waals surface area contributed by atoms with Crippen LogP contribution in [-0.2, 0) is 16.0 Å². The first-order valence-electron chi connectivity index (χ1n) is 14.1. The maximum absolute atomic E-state index is 13.8. The normalized spacial score (nSPS) is 11.0. The molecule has 0 atom stereocenters. The molecule has 0 saturated carbocycles. The summed E-state index contributed by atoms with van der Waals surface area (Å²) in [7, 11) is 0. The molecule has 4 heterocycles. The molecule has 4 aromatic heterocycles. The SMILES string of the molecule is CC(=O)Nc1ccc(C=CC(=O)Nc2cccc(-c3cccc(-n4c(=O)c(Cc5cccnc5)nc5cccnc54)c3)c2)cn1. The molecular weight excluding hydrogens is 566 g/mol. The third kappa shape index (κ3) is 6.86. The number of benzene rings is 2. The second kappa shape index (κ2) is 12.9. The van der Waals surface area contributed by atoms with Crippen LogP contribution in [0.4, 0.5) is 11.5 Å². The lowest BCUT2D eigenvalue weighted by Gasteiger charge is -2.13. The van der Waals surface area contributed by atoms with Crippen LogP contribution in [0.25, 0.3) is 34.1 Å². The van der Waals surface area contributed by atoms with Crippen LogP contribution in [0.15, 0.2) is 121 Å². The summed E-state index contributed by atoms with van der Waals surface area (Å²) >= 11 is 0. The Bertz CT molecular complexity index is 2110. The van der Waals surface area contributed by atoms with E-state index in [0.29, 0.717) is 46.0 Å². The number of hydrogen-bond donors (Lipinski definition) is 2. The molecule has 10 heteroatoms. The molecule has 2 N–H and O–H groups in total. The summed E-state index contributed by atoms with van der Waals surface area (Å²) in [4.78, 5) is 55.1. The number of aromatic nitrogens is 5. The third-order valence-electron chi connectivity index (χ3n) is 6.86. The van der Waals surface area contributed by atoms with E-state index in [1.165, 1.54) is 13.0 Å². The fourth-order valence-electron chi connectivity index (χ4n) is 4.83. The molecule has 0 aliphatic carbocycles. The van der Waals surface area contributed by atoms with E-state index in [9.17, 15) is 14.4 Å². The Morgan fingerprint density at radius 2 is 1.67 bits per heavy atom. The maximum Gasteiger partial charge on any atom is 0.278 e. The minimum atomic E-state index is -0.311. The molecule has 0 aliphatic heterocycles. The molecule has 2 amide bonds. The summed E-state index contributed by atoms with van der Waals surface area (Å²) in [5.74, 6) is -0.0795. The van der Waals surface area contributed by atoms with Crippen molar-refractivity contribution in [2.45, 2.75) is 13.3 Å². The quantitative estimate of drug-likeness (QED) is 0.225. The van der Waals surface area contributed by atoms with Gasteiger partial charge in [-0.2, -0.15) is 0 Å². The first-order valence-corrected chi connectivity index (χ1v) is 14.1. The average molecular weight is 594 g/mol. The van der Waals surface area contributed by atoms with Gasteiger partial charge in [0.1, 0.15) is 17.0 Å². The monoisotopic (exact) mass is 593 g/mol. The number of rotatable bonds is 8. The highest BCUT2D eigenvalue weighted by atomic mass is 16.2. The van der Waals surface area contributed by atoms with Gasteiger partial charge in [0.05, 0.1) is 5.69 Å². The molecule has 0 aliphatic rings. The highest BCUT2D eigenvalue weighted by molar-refractivity contribution is 6.02. The number of amides is 2. The fourth-order valence-corrected chi connectivity index (χ4v) is 4.83. The summed E-state index contributed by atoms with van der Waals surface area (Å²) in [6.07, 6.45) is 10.0. The molecule has 0 fully saturated rings. The van der Waals surface area contributed by atoms with Gasteiger partial charge in [-0.05, 0) is 82.9 Å². The number of carbonyl (C=O) groups excluding carboxylic acids is 2. The molecular formula is C35H27N7O3. The second-order valence-electron chi connectivity index (χ2n) is 10.2. The minimum Gasteiger partial charge on any atom is -0.322 e. The summed E-state index contributed by atoms with van der Waals surface area (Å²) in [5.41, 5.74) is 5.77. The Labute approximate surface area is 258 Å². The lowest BCUT2D eigenvalue weighted by Crippen LogP contribution is -2.25. The Balaban J connectivity index is 1.26. The van der Waals surface area contributed by atoms with E-state index in [4.69, 9.17) is 0 Å². The predicted molar refractivity (Wildman–Crippen MR) is 174 cm³/mol. The van der Waals surface area contributed by atoms with E-state index in [1.807, 2.05) is 60.7 Å². The summed E-state index contributed by atoms with van der Waals surface area (Å²) in [6.45, 7) is 1.41. The van der Waals surface area contributed by atoms with Crippen LogP contribution >= 0.6 is 0 Å². The number of anilines is 2. The average Bonchev–Trinajstić information content (AvgIpc) is 3.05. The Morgan fingerprint density at radius 1 is 0.844 bits per heavy atom. The van der Waals surface area contributed by atoms with Crippen LogP contribution in [0.2, 0.25) is 0 Å². The van der Waals surface area contributed by atoms with Gasteiger partial charge in [-0.1, -0.05) is 30.3 Å². The minimum absolute atomic E-state index is 0.207. The molecule has 0 bridgehead atoms. The molecule has 6 aromatic rings. The summed E-state index contributed by atoms with van der Waals surface area (Å²) < 4.78 is 1.59. The zero-order valence-corrected chi connectivity index (χ0v) is 24.2. The second-order valence-corrected chi connectivity index (χ2v) is 10.2. The van der Waals surface area contributed by atoms with Gasteiger partial charge in [-0.3, -0.25) is 23.9 Å². The first-order chi connectivity index (χ1) is 21.9. The predicted octanol–water partition coefficient (Wildman–Crippen LogP) is 5.44. The smallest absolute Gasteiger partial charge is 0.278 e. The van der Waals surface area contributed by atoms with Crippen molar-refractivity contribution in [3.05, 3.63) is 143 Å².